The van der Waals surface area contributed by atoms with Crippen molar-refractivity contribution < 1.29 is 22.7 Å². The molecule has 140 valence electrons. The summed E-state index contributed by atoms with van der Waals surface area (Å²) in [5.74, 6) is -0.862. The second-order valence-corrected chi connectivity index (χ2v) is 8.55. The van der Waals surface area contributed by atoms with Gasteiger partial charge in [0, 0.05) is 19.0 Å². The molecule has 0 bridgehead atoms. The van der Waals surface area contributed by atoms with E-state index >= 15 is 0 Å². The Morgan fingerprint density at radius 2 is 2.16 bits per heavy atom. The highest BCUT2D eigenvalue weighted by Gasteiger charge is 2.37. The predicted octanol–water partition coefficient (Wildman–Crippen LogP) is 1.42. The molecule has 2 atom stereocenters. The van der Waals surface area contributed by atoms with E-state index in [4.69, 9.17) is 0 Å². The molecule has 1 aromatic rings. The van der Waals surface area contributed by atoms with Gasteiger partial charge in [0.05, 0.1) is 17.0 Å². The molecule has 2 N–H and O–H groups in total. The Balaban J connectivity index is 2.00. The van der Waals surface area contributed by atoms with E-state index < -0.39 is 21.4 Å². The topological polar surface area (TPSA) is 86.7 Å². The fourth-order valence-electron chi connectivity index (χ4n) is 3.05. The highest BCUT2D eigenvalue weighted by molar-refractivity contribution is 7.89. The summed E-state index contributed by atoms with van der Waals surface area (Å²) in [6.07, 6.45) is 1.19. The molecule has 0 aliphatic carbocycles. The first-order chi connectivity index (χ1) is 11.6. The van der Waals surface area contributed by atoms with Gasteiger partial charge in [0.1, 0.15) is 5.82 Å². The van der Waals surface area contributed by atoms with Crippen molar-refractivity contribution in [2.75, 3.05) is 19.6 Å². The second kappa shape index (κ2) is 7.39. The average Bonchev–Trinajstić information content (AvgIpc) is 2.55. The normalized spacial score (nSPS) is 24.4. The minimum atomic E-state index is -3.89. The largest absolute Gasteiger partial charge is 0.390 e. The summed E-state index contributed by atoms with van der Waals surface area (Å²) in [5, 5.41) is 10.3. The number of carbonyl (C=O) groups excluding carboxylic acids is 1. The summed E-state index contributed by atoms with van der Waals surface area (Å²) >= 11 is 0. The van der Waals surface area contributed by atoms with Gasteiger partial charge in [0.2, 0.25) is 15.9 Å². The summed E-state index contributed by atoms with van der Waals surface area (Å²) in [4.78, 5) is 13.8. The molecule has 1 amide bonds. The van der Waals surface area contributed by atoms with Gasteiger partial charge in [0.25, 0.3) is 0 Å². The number of likely N-dealkylation sites (tertiary alicyclic amines) is 1. The zero-order valence-corrected chi connectivity index (χ0v) is 15.6. The van der Waals surface area contributed by atoms with E-state index in [1.807, 2.05) is 6.92 Å². The Labute approximate surface area is 148 Å². The molecule has 8 heteroatoms. The molecule has 1 aliphatic rings. The number of hydrogen-bond donors (Lipinski definition) is 2. The van der Waals surface area contributed by atoms with Crippen LogP contribution in [0.2, 0.25) is 0 Å². The quantitative estimate of drug-likeness (QED) is 0.818. The van der Waals surface area contributed by atoms with Crippen LogP contribution in [0.1, 0.15) is 32.3 Å². The Hall–Kier alpha value is -1.51. The molecule has 1 aliphatic heterocycles. The highest BCUT2D eigenvalue weighted by atomic mass is 32.2. The van der Waals surface area contributed by atoms with Crippen molar-refractivity contribution in [2.24, 2.45) is 5.92 Å². The lowest BCUT2D eigenvalue weighted by atomic mass is 9.81. The molecule has 1 aromatic carbocycles. The lowest BCUT2D eigenvalue weighted by molar-refractivity contribution is -0.137. The minimum Gasteiger partial charge on any atom is -0.390 e. The number of halogens is 1. The van der Waals surface area contributed by atoms with Crippen LogP contribution in [-0.2, 0) is 14.8 Å². The summed E-state index contributed by atoms with van der Waals surface area (Å²) < 4.78 is 40.1. The molecule has 2 rings (SSSR count). The van der Waals surface area contributed by atoms with Gasteiger partial charge in [-0.25, -0.2) is 17.5 Å². The molecule has 1 heterocycles. The molecular weight excluding hydrogens is 347 g/mol. The van der Waals surface area contributed by atoms with Gasteiger partial charge in [0.15, 0.2) is 0 Å². The van der Waals surface area contributed by atoms with Crippen molar-refractivity contribution in [3.8, 4) is 0 Å². The third kappa shape index (κ3) is 4.56. The molecule has 6 nitrogen and oxygen atoms in total. The van der Waals surface area contributed by atoms with Crippen molar-refractivity contribution in [3.63, 3.8) is 0 Å². The van der Waals surface area contributed by atoms with Crippen molar-refractivity contribution in [2.45, 2.75) is 44.1 Å². The number of nitrogens with zero attached hydrogens (tertiary/aromatic N) is 1. The van der Waals surface area contributed by atoms with Gasteiger partial charge in [-0.3, -0.25) is 4.79 Å². The van der Waals surface area contributed by atoms with E-state index in [1.54, 1.807) is 11.8 Å². The van der Waals surface area contributed by atoms with E-state index in [-0.39, 0.29) is 28.8 Å². The number of rotatable bonds is 5. The Kier molecular flexibility index (Phi) is 5.86. The summed E-state index contributed by atoms with van der Waals surface area (Å²) in [5.41, 5.74) is -0.588. The van der Waals surface area contributed by atoms with Crippen LogP contribution in [0, 0.1) is 18.7 Å². The van der Waals surface area contributed by atoms with Crippen LogP contribution in [0.15, 0.2) is 23.1 Å². The maximum atomic E-state index is 13.3. The fourth-order valence-corrected chi connectivity index (χ4v) is 4.11. The molecule has 1 saturated heterocycles. The van der Waals surface area contributed by atoms with Crippen LogP contribution in [-0.4, -0.2) is 49.6 Å². The molecular formula is C17H25FN2O4S. The van der Waals surface area contributed by atoms with Crippen molar-refractivity contribution in [1.29, 1.82) is 0 Å². The Morgan fingerprint density at radius 3 is 2.76 bits per heavy atom. The molecule has 25 heavy (non-hydrogen) atoms. The van der Waals surface area contributed by atoms with Gasteiger partial charge in [-0.2, -0.15) is 0 Å². The molecule has 0 aromatic heterocycles. The number of hydrogen-bond acceptors (Lipinski definition) is 4. The van der Waals surface area contributed by atoms with Crippen LogP contribution in [0.25, 0.3) is 0 Å². The second-order valence-electron chi connectivity index (χ2n) is 6.79. The van der Waals surface area contributed by atoms with Crippen LogP contribution >= 0.6 is 0 Å². The van der Waals surface area contributed by atoms with E-state index in [2.05, 4.69) is 4.72 Å². The van der Waals surface area contributed by atoms with E-state index in [9.17, 15) is 22.7 Å². The van der Waals surface area contributed by atoms with Gasteiger partial charge in [-0.05, 0) is 50.5 Å². The number of benzene rings is 1. The standard InChI is InChI=1S/C17H25FN2O4S/c1-4-13-11-20(8-7-17(13,3)22)16(21)10-19-25(23,24)14-5-6-15(18)12(2)9-14/h5-6,9,13,19,22H,4,7-8,10-11H2,1-3H3/t13-,17+/m0/s1. The number of carbonyl (C=O) groups is 1. The first-order valence-corrected chi connectivity index (χ1v) is 9.81. The Morgan fingerprint density at radius 1 is 1.48 bits per heavy atom. The lowest BCUT2D eigenvalue weighted by Crippen LogP contribution is -2.53. The maximum absolute atomic E-state index is 13.3. The number of sulfonamides is 1. The highest BCUT2D eigenvalue weighted by Crippen LogP contribution is 2.29. The van der Waals surface area contributed by atoms with Crippen molar-refractivity contribution in [1.82, 2.24) is 9.62 Å². The van der Waals surface area contributed by atoms with E-state index in [1.165, 1.54) is 19.1 Å². The van der Waals surface area contributed by atoms with Crippen molar-refractivity contribution in [3.05, 3.63) is 29.6 Å². The summed E-state index contributed by atoms with van der Waals surface area (Å²) in [6.45, 7) is 5.62. The van der Waals surface area contributed by atoms with Crippen LogP contribution in [0.5, 0.6) is 0 Å². The number of amides is 1. The molecule has 0 saturated carbocycles. The van der Waals surface area contributed by atoms with Crippen LogP contribution in [0.4, 0.5) is 4.39 Å². The zero-order valence-electron chi connectivity index (χ0n) is 14.8. The third-order valence-electron chi connectivity index (χ3n) is 4.91. The third-order valence-corrected chi connectivity index (χ3v) is 6.31. The predicted molar refractivity (Wildman–Crippen MR) is 91.9 cm³/mol. The van der Waals surface area contributed by atoms with E-state index in [0.717, 1.165) is 12.5 Å². The van der Waals surface area contributed by atoms with Gasteiger partial charge >= 0.3 is 0 Å². The lowest BCUT2D eigenvalue weighted by Gasteiger charge is -2.42. The molecule has 0 spiro atoms. The summed E-state index contributed by atoms with van der Waals surface area (Å²) in [6, 6.07) is 3.48. The maximum Gasteiger partial charge on any atom is 0.241 e. The number of aliphatic hydroxyl groups is 1. The number of piperidine rings is 1. The molecule has 1 fully saturated rings. The first-order valence-electron chi connectivity index (χ1n) is 8.33. The smallest absolute Gasteiger partial charge is 0.241 e. The van der Waals surface area contributed by atoms with Gasteiger partial charge in [-0.1, -0.05) is 6.92 Å². The monoisotopic (exact) mass is 372 g/mol. The molecule has 0 unspecified atom stereocenters. The van der Waals surface area contributed by atoms with Crippen molar-refractivity contribution >= 4 is 15.9 Å². The SMILES string of the molecule is CC[C@H]1CN(C(=O)CNS(=O)(=O)c2ccc(F)c(C)c2)CC[C@@]1(C)O. The first kappa shape index (κ1) is 19.8. The minimum absolute atomic E-state index is 0.0402. The van der Waals surface area contributed by atoms with Gasteiger partial charge < -0.3 is 10.0 Å². The fraction of sp³-hybridized carbons (Fsp3) is 0.588. The number of aryl methyl sites for hydroxylation is 1. The van der Waals surface area contributed by atoms with Crippen LogP contribution < -0.4 is 4.72 Å². The van der Waals surface area contributed by atoms with Crippen LogP contribution in [0.3, 0.4) is 0 Å². The van der Waals surface area contributed by atoms with Gasteiger partial charge in [-0.15, -0.1) is 0 Å². The molecule has 0 radical (unpaired) electrons. The number of nitrogens with one attached hydrogen (secondary N) is 1. The Bertz CT molecular complexity index is 749. The van der Waals surface area contributed by atoms with E-state index in [0.29, 0.717) is 19.5 Å². The zero-order chi connectivity index (χ0) is 18.8. The average molecular weight is 372 g/mol. The summed E-state index contributed by atoms with van der Waals surface area (Å²) in [7, 11) is -3.89.